The first-order valence-corrected chi connectivity index (χ1v) is 8.59. The van der Waals surface area contributed by atoms with Crippen molar-refractivity contribution in [3.63, 3.8) is 0 Å². The number of nitrogens with one attached hydrogen (secondary N) is 2. The number of nitrogens with zero attached hydrogens (tertiary/aromatic N) is 2. The lowest BCUT2D eigenvalue weighted by Crippen LogP contribution is -2.46. The van der Waals surface area contributed by atoms with Crippen LogP contribution in [0.4, 0.5) is 10.5 Å². The number of hydrogen-bond donors (Lipinski definition) is 3. The van der Waals surface area contributed by atoms with E-state index in [0.29, 0.717) is 11.5 Å². The highest BCUT2D eigenvalue weighted by Crippen LogP contribution is 2.37. The summed E-state index contributed by atoms with van der Waals surface area (Å²) in [6.45, 7) is 4.03. The lowest BCUT2D eigenvalue weighted by Gasteiger charge is -2.30. The maximum Gasteiger partial charge on any atom is 0.319 e. The average Bonchev–Trinajstić information content (AvgIpc) is 2.97. The number of aliphatic hydroxyl groups excluding tert-OH is 1. The number of aromatic nitrogens is 2. The number of hydrogen-bond acceptors (Lipinski definition) is 4. The van der Waals surface area contributed by atoms with Gasteiger partial charge in [0.2, 0.25) is 0 Å². The third-order valence-corrected chi connectivity index (χ3v) is 4.94. The molecule has 2 amide bonds. The molecular weight excluding hydrogens is 316 g/mol. The van der Waals surface area contributed by atoms with Gasteiger partial charge >= 0.3 is 6.03 Å². The number of carbonyl (C=O) groups excluding carboxylic acids is 1. The molecule has 132 valence electrons. The normalized spacial score (nSPS) is 22.6. The topological polar surface area (TPSA) is 87.1 Å². The Morgan fingerprint density at radius 2 is 2.08 bits per heavy atom. The van der Waals surface area contributed by atoms with Crippen LogP contribution in [-0.4, -0.2) is 33.8 Å². The number of anilines is 1. The molecule has 1 saturated carbocycles. The molecule has 1 aromatic heterocycles. The van der Waals surface area contributed by atoms with Crippen molar-refractivity contribution in [1.29, 1.82) is 0 Å². The van der Waals surface area contributed by atoms with Crippen molar-refractivity contribution in [2.45, 2.75) is 39.2 Å². The quantitative estimate of drug-likeness (QED) is 0.798. The van der Waals surface area contributed by atoms with Crippen molar-refractivity contribution in [1.82, 2.24) is 15.3 Å². The van der Waals surface area contributed by atoms with Gasteiger partial charge < -0.3 is 15.7 Å². The van der Waals surface area contributed by atoms with Gasteiger partial charge in [-0.15, -0.1) is 0 Å². The molecule has 1 heterocycles. The predicted molar refractivity (Wildman–Crippen MR) is 97.2 cm³/mol. The molecule has 1 aromatic carbocycles. The second-order valence-electron chi connectivity index (χ2n) is 6.95. The van der Waals surface area contributed by atoms with E-state index in [-0.39, 0.29) is 24.1 Å². The van der Waals surface area contributed by atoms with E-state index in [1.54, 1.807) is 6.20 Å². The summed E-state index contributed by atoms with van der Waals surface area (Å²) in [5, 5.41) is 15.4. The third kappa shape index (κ3) is 3.96. The molecule has 3 rings (SSSR count). The van der Waals surface area contributed by atoms with E-state index in [9.17, 15) is 9.90 Å². The van der Waals surface area contributed by atoms with E-state index >= 15 is 0 Å². The zero-order valence-corrected chi connectivity index (χ0v) is 14.6. The summed E-state index contributed by atoms with van der Waals surface area (Å²) in [7, 11) is 0. The largest absolute Gasteiger partial charge is 0.396 e. The van der Waals surface area contributed by atoms with E-state index in [4.69, 9.17) is 0 Å². The fourth-order valence-corrected chi connectivity index (χ4v) is 3.28. The zero-order chi connectivity index (χ0) is 17.9. The number of aryl methyl sites for hydroxylation is 1. The average molecular weight is 340 g/mol. The monoisotopic (exact) mass is 340 g/mol. The van der Waals surface area contributed by atoms with Crippen LogP contribution >= 0.6 is 0 Å². The first kappa shape index (κ1) is 17.4. The summed E-state index contributed by atoms with van der Waals surface area (Å²) in [6, 6.07) is 9.05. The van der Waals surface area contributed by atoms with Gasteiger partial charge in [0.25, 0.3) is 0 Å². The van der Waals surface area contributed by atoms with Crippen molar-refractivity contribution in [2.75, 3.05) is 11.9 Å². The summed E-state index contributed by atoms with van der Waals surface area (Å²) < 4.78 is 0. The Balaban J connectivity index is 1.62. The second-order valence-corrected chi connectivity index (χ2v) is 6.95. The van der Waals surface area contributed by atoms with Crippen LogP contribution in [0.2, 0.25) is 0 Å². The number of urea groups is 1. The van der Waals surface area contributed by atoms with Crippen LogP contribution in [0.25, 0.3) is 11.4 Å². The van der Waals surface area contributed by atoms with Gasteiger partial charge in [0, 0.05) is 34.6 Å². The lowest BCUT2D eigenvalue weighted by molar-refractivity contribution is 0.122. The number of carbonyl (C=O) groups is 1. The fraction of sp³-hybridized carbons (Fsp3) is 0.421. The molecule has 6 nitrogen and oxygen atoms in total. The predicted octanol–water partition coefficient (Wildman–Crippen LogP) is 3.12. The molecule has 0 saturated heterocycles. The van der Waals surface area contributed by atoms with Crippen LogP contribution < -0.4 is 10.6 Å². The molecule has 6 heteroatoms. The minimum Gasteiger partial charge on any atom is -0.396 e. The molecule has 3 N–H and O–H groups in total. The van der Waals surface area contributed by atoms with Crippen LogP contribution in [0.1, 0.15) is 31.9 Å². The van der Waals surface area contributed by atoms with Gasteiger partial charge in [-0.05, 0) is 50.1 Å². The van der Waals surface area contributed by atoms with E-state index < -0.39 is 0 Å². The zero-order valence-electron chi connectivity index (χ0n) is 14.6. The van der Waals surface area contributed by atoms with Crippen molar-refractivity contribution in [3.05, 3.63) is 42.2 Å². The maximum atomic E-state index is 12.2. The summed E-state index contributed by atoms with van der Waals surface area (Å²) >= 11 is 0. The minimum atomic E-state index is -0.244. The van der Waals surface area contributed by atoms with Crippen LogP contribution in [0, 0.1) is 12.3 Å². The molecule has 1 aliphatic carbocycles. The maximum absolute atomic E-state index is 12.2. The van der Waals surface area contributed by atoms with Crippen LogP contribution in [-0.2, 0) is 0 Å². The van der Waals surface area contributed by atoms with Gasteiger partial charge in [-0.25, -0.2) is 14.8 Å². The Morgan fingerprint density at radius 3 is 2.76 bits per heavy atom. The summed E-state index contributed by atoms with van der Waals surface area (Å²) in [6.07, 6.45) is 4.58. The molecule has 2 atom stereocenters. The molecule has 2 unspecified atom stereocenters. The van der Waals surface area contributed by atoms with Gasteiger partial charge in [0.1, 0.15) is 0 Å². The van der Waals surface area contributed by atoms with Crippen molar-refractivity contribution in [3.8, 4) is 11.4 Å². The number of aliphatic hydroxyl groups is 1. The van der Waals surface area contributed by atoms with Crippen LogP contribution in [0.5, 0.6) is 0 Å². The highest BCUT2D eigenvalue weighted by Gasteiger charge is 2.39. The summed E-state index contributed by atoms with van der Waals surface area (Å²) in [5.74, 6) is 0.667. The Kier molecular flexibility index (Phi) is 4.99. The third-order valence-electron chi connectivity index (χ3n) is 4.94. The SMILES string of the molecule is Cc1ccnc(-c2ccc(NC(=O)NC3CCCC3(C)CO)cc2)n1. The molecule has 0 radical (unpaired) electrons. The molecule has 1 fully saturated rings. The number of rotatable bonds is 4. The summed E-state index contributed by atoms with van der Waals surface area (Å²) in [4.78, 5) is 20.9. The van der Waals surface area contributed by atoms with Crippen molar-refractivity contribution < 1.29 is 9.90 Å². The van der Waals surface area contributed by atoms with Gasteiger partial charge in [0.15, 0.2) is 5.82 Å². The Labute approximate surface area is 147 Å². The van der Waals surface area contributed by atoms with Gasteiger partial charge in [0.05, 0.1) is 6.61 Å². The molecule has 1 aliphatic rings. The van der Waals surface area contributed by atoms with Crippen molar-refractivity contribution >= 4 is 11.7 Å². The number of benzene rings is 1. The molecular formula is C19H24N4O2. The van der Waals surface area contributed by atoms with E-state index in [0.717, 1.165) is 30.5 Å². The van der Waals surface area contributed by atoms with Gasteiger partial charge in [-0.3, -0.25) is 0 Å². The smallest absolute Gasteiger partial charge is 0.319 e. The minimum absolute atomic E-state index is 0.00235. The standard InChI is InChI=1S/C19H24N4O2/c1-13-9-11-20-17(21-13)14-5-7-15(8-6-14)22-18(25)23-16-4-3-10-19(16,2)12-24/h5-9,11,16,24H,3-4,10,12H2,1-2H3,(H2,22,23,25). The fourth-order valence-electron chi connectivity index (χ4n) is 3.28. The molecule has 25 heavy (non-hydrogen) atoms. The molecule has 0 spiro atoms. The highest BCUT2D eigenvalue weighted by molar-refractivity contribution is 5.89. The van der Waals surface area contributed by atoms with Crippen LogP contribution in [0.3, 0.4) is 0 Å². The first-order chi connectivity index (χ1) is 12.0. The van der Waals surface area contributed by atoms with Crippen LogP contribution in [0.15, 0.2) is 36.5 Å². The highest BCUT2D eigenvalue weighted by atomic mass is 16.3. The van der Waals surface area contributed by atoms with Crippen molar-refractivity contribution in [2.24, 2.45) is 5.41 Å². The van der Waals surface area contributed by atoms with E-state index in [1.165, 1.54) is 0 Å². The summed E-state index contributed by atoms with van der Waals surface area (Å²) in [5.41, 5.74) is 2.29. The molecule has 0 aliphatic heterocycles. The second kappa shape index (κ2) is 7.19. The van der Waals surface area contributed by atoms with E-state index in [1.807, 2.05) is 44.2 Å². The Hall–Kier alpha value is -2.47. The van der Waals surface area contributed by atoms with Gasteiger partial charge in [-0.2, -0.15) is 0 Å². The molecule has 2 aromatic rings. The Morgan fingerprint density at radius 1 is 1.32 bits per heavy atom. The van der Waals surface area contributed by atoms with E-state index in [2.05, 4.69) is 20.6 Å². The Bertz CT molecular complexity index is 747. The van der Waals surface area contributed by atoms with Gasteiger partial charge in [-0.1, -0.05) is 13.3 Å². The number of amides is 2. The first-order valence-electron chi connectivity index (χ1n) is 8.59. The lowest BCUT2D eigenvalue weighted by atomic mass is 9.86. The molecule has 0 bridgehead atoms.